The van der Waals surface area contributed by atoms with E-state index < -0.39 is 23.3 Å². The number of carbonyl (C=O) groups excluding carboxylic acids is 1. The summed E-state index contributed by atoms with van der Waals surface area (Å²) in [6.45, 7) is 0. The summed E-state index contributed by atoms with van der Waals surface area (Å²) in [5.41, 5.74) is -2.33. The Morgan fingerprint density at radius 1 is 1.32 bits per heavy atom. The third-order valence-electron chi connectivity index (χ3n) is 2.58. The summed E-state index contributed by atoms with van der Waals surface area (Å²) in [7, 11) is 1.10. The van der Waals surface area contributed by atoms with E-state index in [1.165, 1.54) is 18.2 Å². The van der Waals surface area contributed by atoms with E-state index in [9.17, 15) is 22.8 Å². The molecular formula is C12H8F3NO3. The van der Waals surface area contributed by atoms with Gasteiger partial charge >= 0.3 is 12.1 Å². The molecule has 1 N–H and O–H groups in total. The highest BCUT2D eigenvalue weighted by molar-refractivity contribution is 6.02. The van der Waals surface area contributed by atoms with Gasteiger partial charge in [-0.1, -0.05) is 6.07 Å². The molecule has 2 rings (SSSR count). The fourth-order valence-corrected chi connectivity index (χ4v) is 1.70. The van der Waals surface area contributed by atoms with Crippen LogP contribution in [0.3, 0.4) is 0 Å². The summed E-state index contributed by atoms with van der Waals surface area (Å²) in [5.74, 6) is -0.819. The summed E-state index contributed by atoms with van der Waals surface area (Å²) >= 11 is 0. The van der Waals surface area contributed by atoms with Gasteiger partial charge in [0, 0.05) is 11.5 Å². The second kappa shape index (κ2) is 4.42. The van der Waals surface area contributed by atoms with Gasteiger partial charge in [0.25, 0.3) is 0 Å². The summed E-state index contributed by atoms with van der Waals surface area (Å²) in [6.07, 6.45) is -4.70. The average molecular weight is 271 g/mol. The topological polar surface area (TPSA) is 59.2 Å². The summed E-state index contributed by atoms with van der Waals surface area (Å²) in [6, 6.07) is 4.48. The molecule has 0 amide bonds. The molecule has 1 heterocycles. The number of esters is 1. The monoisotopic (exact) mass is 271 g/mol. The largest absolute Gasteiger partial charge is 0.465 e. The Labute approximate surface area is 104 Å². The molecule has 100 valence electrons. The summed E-state index contributed by atoms with van der Waals surface area (Å²) < 4.78 is 42.3. The number of carbonyl (C=O) groups is 1. The van der Waals surface area contributed by atoms with Crippen LogP contribution in [0, 0.1) is 0 Å². The van der Waals surface area contributed by atoms with Crippen molar-refractivity contribution in [2.45, 2.75) is 6.18 Å². The number of rotatable bonds is 1. The Bertz CT molecular complexity index is 703. The van der Waals surface area contributed by atoms with Crippen LogP contribution < -0.4 is 5.43 Å². The lowest BCUT2D eigenvalue weighted by molar-refractivity contribution is -0.141. The predicted molar refractivity (Wildman–Crippen MR) is 60.9 cm³/mol. The number of hydrogen-bond acceptors (Lipinski definition) is 3. The standard InChI is InChI=1S/C12H8F3NO3/c1-19-11(18)7-4-2-3-6-8(17)5-9(12(13,14)15)16-10(6)7/h2-5H,1H3,(H,16,17). The number of ether oxygens (including phenoxy) is 1. The number of aromatic amines is 1. The van der Waals surface area contributed by atoms with Crippen molar-refractivity contribution in [3.63, 3.8) is 0 Å². The third-order valence-corrected chi connectivity index (χ3v) is 2.58. The van der Waals surface area contributed by atoms with Crippen LogP contribution in [0.2, 0.25) is 0 Å². The van der Waals surface area contributed by atoms with Gasteiger partial charge < -0.3 is 9.72 Å². The number of pyridine rings is 1. The molecular weight excluding hydrogens is 263 g/mol. The van der Waals surface area contributed by atoms with Crippen LogP contribution in [0.4, 0.5) is 13.2 Å². The predicted octanol–water partition coefficient (Wildman–Crippen LogP) is 2.33. The Hall–Kier alpha value is -2.31. The number of para-hydroxylation sites is 1. The molecule has 1 aromatic heterocycles. The number of methoxy groups -OCH3 is 1. The van der Waals surface area contributed by atoms with Crippen LogP contribution in [0.1, 0.15) is 16.1 Å². The highest BCUT2D eigenvalue weighted by atomic mass is 19.4. The van der Waals surface area contributed by atoms with Gasteiger partial charge in [0.15, 0.2) is 5.43 Å². The van der Waals surface area contributed by atoms with Crippen molar-refractivity contribution in [2.75, 3.05) is 7.11 Å². The molecule has 0 saturated carbocycles. The minimum absolute atomic E-state index is 0.00380. The molecule has 1 aromatic carbocycles. The number of benzene rings is 1. The number of alkyl halides is 3. The lowest BCUT2D eigenvalue weighted by Gasteiger charge is -2.10. The molecule has 0 fully saturated rings. The van der Waals surface area contributed by atoms with Crippen molar-refractivity contribution in [3.8, 4) is 0 Å². The molecule has 4 nitrogen and oxygen atoms in total. The van der Waals surface area contributed by atoms with Gasteiger partial charge in [-0.3, -0.25) is 4.79 Å². The van der Waals surface area contributed by atoms with Gasteiger partial charge in [-0.2, -0.15) is 13.2 Å². The maximum Gasteiger partial charge on any atom is 0.431 e. The first-order chi connectivity index (χ1) is 8.84. The van der Waals surface area contributed by atoms with Gasteiger partial charge in [-0.25, -0.2) is 4.79 Å². The normalized spacial score (nSPS) is 11.6. The first-order valence-corrected chi connectivity index (χ1v) is 5.16. The molecule has 2 aromatic rings. The fourth-order valence-electron chi connectivity index (χ4n) is 1.70. The van der Waals surface area contributed by atoms with E-state index in [0.29, 0.717) is 6.07 Å². The van der Waals surface area contributed by atoms with E-state index in [4.69, 9.17) is 0 Å². The summed E-state index contributed by atoms with van der Waals surface area (Å²) in [5, 5.41) is -0.00380. The zero-order valence-electron chi connectivity index (χ0n) is 9.67. The highest BCUT2D eigenvalue weighted by Gasteiger charge is 2.32. The van der Waals surface area contributed by atoms with Crippen molar-refractivity contribution in [2.24, 2.45) is 0 Å². The van der Waals surface area contributed by atoms with Gasteiger partial charge in [-0.05, 0) is 12.1 Å². The smallest absolute Gasteiger partial charge is 0.431 e. The van der Waals surface area contributed by atoms with E-state index in [2.05, 4.69) is 9.72 Å². The molecule has 7 heteroatoms. The first kappa shape index (κ1) is 13.1. The van der Waals surface area contributed by atoms with Crippen LogP contribution in [0.5, 0.6) is 0 Å². The molecule has 0 aliphatic heterocycles. The Morgan fingerprint density at radius 3 is 2.58 bits per heavy atom. The molecule has 19 heavy (non-hydrogen) atoms. The van der Waals surface area contributed by atoms with Crippen molar-refractivity contribution < 1.29 is 22.7 Å². The quantitative estimate of drug-likeness (QED) is 0.810. The molecule has 0 radical (unpaired) electrons. The molecule has 0 unspecified atom stereocenters. The van der Waals surface area contributed by atoms with E-state index in [1.807, 2.05) is 0 Å². The zero-order valence-corrected chi connectivity index (χ0v) is 9.67. The van der Waals surface area contributed by atoms with Crippen LogP contribution in [0.15, 0.2) is 29.1 Å². The molecule has 0 bridgehead atoms. The van der Waals surface area contributed by atoms with Crippen LogP contribution >= 0.6 is 0 Å². The van der Waals surface area contributed by atoms with Crippen molar-refractivity contribution in [1.82, 2.24) is 4.98 Å². The van der Waals surface area contributed by atoms with Crippen molar-refractivity contribution >= 4 is 16.9 Å². The summed E-state index contributed by atoms with van der Waals surface area (Å²) in [4.78, 5) is 25.2. The Morgan fingerprint density at radius 2 is 2.00 bits per heavy atom. The third kappa shape index (κ3) is 2.31. The molecule has 0 spiro atoms. The number of aromatic nitrogens is 1. The van der Waals surface area contributed by atoms with E-state index in [-0.39, 0.29) is 16.5 Å². The highest BCUT2D eigenvalue weighted by Crippen LogP contribution is 2.28. The van der Waals surface area contributed by atoms with Gasteiger partial charge in [0.2, 0.25) is 0 Å². The molecule has 0 aliphatic rings. The average Bonchev–Trinajstić information content (AvgIpc) is 2.36. The Balaban J connectivity index is 2.84. The van der Waals surface area contributed by atoms with E-state index in [0.717, 1.165) is 7.11 Å². The van der Waals surface area contributed by atoms with E-state index in [1.54, 1.807) is 0 Å². The Kier molecular flexibility index (Phi) is 3.05. The molecule has 0 aliphatic carbocycles. The van der Waals surface area contributed by atoms with Crippen LogP contribution in [-0.2, 0) is 10.9 Å². The van der Waals surface area contributed by atoms with E-state index >= 15 is 0 Å². The molecule has 0 atom stereocenters. The molecule has 0 saturated heterocycles. The number of nitrogens with one attached hydrogen (secondary N) is 1. The van der Waals surface area contributed by atoms with Crippen LogP contribution in [0.25, 0.3) is 10.9 Å². The lowest BCUT2D eigenvalue weighted by atomic mass is 10.1. The maximum absolute atomic E-state index is 12.6. The maximum atomic E-state index is 12.6. The minimum Gasteiger partial charge on any atom is -0.465 e. The zero-order chi connectivity index (χ0) is 14.2. The van der Waals surface area contributed by atoms with Crippen molar-refractivity contribution in [3.05, 3.63) is 45.7 Å². The lowest BCUT2D eigenvalue weighted by Crippen LogP contribution is -2.15. The van der Waals surface area contributed by atoms with Gasteiger partial charge in [-0.15, -0.1) is 0 Å². The number of hydrogen-bond donors (Lipinski definition) is 1. The second-order valence-electron chi connectivity index (χ2n) is 3.76. The fraction of sp³-hybridized carbons (Fsp3) is 0.167. The number of halogens is 3. The number of fused-ring (bicyclic) bond motifs is 1. The van der Waals surface area contributed by atoms with Crippen molar-refractivity contribution in [1.29, 1.82) is 0 Å². The first-order valence-electron chi connectivity index (χ1n) is 5.16. The number of H-pyrrole nitrogens is 1. The minimum atomic E-state index is -4.70. The van der Waals surface area contributed by atoms with Gasteiger partial charge in [0.05, 0.1) is 18.2 Å². The second-order valence-corrected chi connectivity index (χ2v) is 3.76. The van der Waals surface area contributed by atoms with Gasteiger partial charge in [0.1, 0.15) is 5.69 Å². The SMILES string of the molecule is COC(=O)c1cccc2c(=O)cc(C(F)(F)F)[nH]c12. The van der Waals surface area contributed by atoms with Crippen LogP contribution in [-0.4, -0.2) is 18.1 Å².